The SMILES string of the molecule is Cc1ccc(Cl)c(-c2cnoc2N)c1O. The predicted octanol–water partition coefficient (Wildman–Crippen LogP) is 2.59. The molecule has 3 N–H and O–H groups in total. The van der Waals surface area contributed by atoms with E-state index in [9.17, 15) is 5.11 Å². The first kappa shape index (κ1) is 9.86. The molecule has 0 bridgehead atoms. The topological polar surface area (TPSA) is 72.3 Å². The molecule has 1 heterocycles. The van der Waals surface area contributed by atoms with Crippen LogP contribution in [-0.4, -0.2) is 10.3 Å². The molecule has 0 aliphatic rings. The molecule has 1 aromatic carbocycles. The summed E-state index contributed by atoms with van der Waals surface area (Å²) < 4.78 is 4.73. The van der Waals surface area contributed by atoms with Gasteiger partial charge in [-0.05, 0) is 18.6 Å². The van der Waals surface area contributed by atoms with E-state index in [0.717, 1.165) is 5.56 Å². The molecule has 2 aromatic rings. The maximum absolute atomic E-state index is 9.87. The Balaban J connectivity index is 2.72. The molecule has 0 unspecified atom stereocenters. The van der Waals surface area contributed by atoms with Crippen molar-refractivity contribution in [3.05, 3.63) is 28.9 Å². The molecule has 0 saturated carbocycles. The molecule has 1 aromatic heterocycles. The van der Waals surface area contributed by atoms with Crippen molar-refractivity contribution < 1.29 is 9.63 Å². The number of hydrogen-bond acceptors (Lipinski definition) is 4. The van der Waals surface area contributed by atoms with Gasteiger partial charge in [0.15, 0.2) is 0 Å². The fraction of sp³-hybridized carbons (Fsp3) is 0.100. The van der Waals surface area contributed by atoms with Crippen LogP contribution in [0.25, 0.3) is 11.1 Å². The van der Waals surface area contributed by atoms with E-state index in [2.05, 4.69) is 5.16 Å². The molecule has 0 radical (unpaired) electrons. The van der Waals surface area contributed by atoms with Crippen LogP contribution in [0.15, 0.2) is 22.9 Å². The summed E-state index contributed by atoms with van der Waals surface area (Å²) in [5.41, 5.74) is 7.23. The highest BCUT2D eigenvalue weighted by Gasteiger charge is 2.16. The van der Waals surface area contributed by atoms with E-state index in [4.69, 9.17) is 21.9 Å². The summed E-state index contributed by atoms with van der Waals surface area (Å²) in [4.78, 5) is 0. The first-order chi connectivity index (χ1) is 7.11. The molecule has 0 amide bonds. The number of aromatic hydroxyl groups is 1. The molecule has 0 spiro atoms. The number of rotatable bonds is 1. The van der Waals surface area contributed by atoms with Gasteiger partial charge in [0, 0.05) is 5.56 Å². The number of phenolic OH excluding ortho intramolecular Hbond substituents is 1. The van der Waals surface area contributed by atoms with Gasteiger partial charge in [0.25, 0.3) is 0 Å². The van der Waals surface area contributed by atoms with Gasteiger partial charge in [-0.1, -0.05) is 22.8 Å². The summed E-state index contributed by atoms with van der Waals surface area (Å²) in [6.07, 6.45) is 1.43. The van der Waals surface area contributed by atoms with Gasteiger partial charge in [0.2, 0.25) is 5.88 Å². The molecule has 4 nitrogen and oxygen atoms in total. The van der Waals surface area contributed by atoms with E-state index in [1.54, 1.807) is 19.1 Å². The Morgan fingerprint density at radius 1 is 1.47 bits per heavy atom. The molecule has 5 heteroatoms. The third-order valence-corrected chi connectivity index (χ3v) is 2.51. The van der Waals surface area contributed by atoms with Crippen molar-refractivity contribution >= 4 is 17.5 Å². The average molecular weight is 225 g/mol. The summed E-state index contributed by atoms with van der Waals surface area (Å²) in [5.74, 6) is 0.232. The van der Waals surface area contributed by atoms with Crippen LogP contribution in [0, 0.1) is 6.92 Å². The molecule has 2 rings (SSSR count). The van der Waals surface area contributed by atoms with Crippen molar-refractivity contribution in [2.24, 2.45) is 0 Å². The van der Waals surface area contributed by atoms with Gasteiger partial charge < -0.3 is 15.4 Å². The van der Waals surface area contributed by atoms with Crippen molar-refractivity contribution in [2.45, 2.75) is 6.92 Å². The minimum atomic E-state index is 0.0948. The standard InChI is InChI=1S/C10H9ClN2O2/c1-5-2-3-7(11)8(9(5)14)6-4-13-15-10(6)12/h2-4,14H,12H2,1H3. The highest BCUT2D eigenvalue weighted by molar-refractivity contribution is 6.33. The molecule has 15 heavy (non-hydrogen) atoms. The van der Waals surface area contributed by atoms with Crippen LogP contribution in [0.3, 0.4) is 0 Å². The van der Waals surface area contributed by atoms with Crippen LogP contribution >= 0.6 is 11.6 Å². The first-order valence-corrected chi connectivity index (χ1v) is 4.67. The van der Waals surface area contributed by atoms with E-state index in [1.165, 1.54) is 6.20 Å². The van der Waals surface area contributed by atoms with E-state index in [1.807, 2.05) is 0 Å². The molecule has 0 fully saturated rings. The number of aromatic nitrogens is 1. The third-order valence-electron chi connectivity index (χ3n) is 2.20. The van der Waals surface area contributed by atoms with Crippen LogP contribution in [0.1, 0.15) is 5.56 Å². The highest BCUT2D eigenvalue weighted by Crippen LogP contribution is 2.40. The second-order valence-corrected chi connectivity index (χ2v) is 3.60. The monoisotopic (exact) mass is 224 g/mol. The quantitative estimate of drug-likeness (QED) is 0.781. The minimum absolute atomic E-state index is 0.0948. The van der Waals surface area contributed by atoms with E-state index in [0.29, 0.717) is 16.1 Å². The van der Waals surface area contributed by atoms with Crippen molar-refractivity contribution in [3.8, 4) is 16.9 Å². The maximum Gasteiger partial charge on any atom is 0.230 e. The number of nitrogens with two attached hydrogens (primary N) is 1. The van der Waals surface area contributed by atoms with Crippen LogP contribution in [0.4, 0.5) is 5.88 Å². The molecule has 0 atom stereocenters. The summed E-state index contributed by atoms with van der Waals surface area (Å²) >= 11 is 5.98. The van der Waals surface area contributed by atoms with Gasteiger partial charge in [-0.2, -0.15) is 0 Å². The van der Waals surface area contributed by atoms with Gasteiger partial charge >= 0.3 is 0 Å². The summed E-state index contributed by atoms with van der Waals surface area (Å²) in [6.45, 7) is 1.78. The smallest absolute Gasteiger partial charge is 0.230 e. The third kappa shape index (κ3) is 1.53. The Morgan fingerprint density at radius 2 is 2.20 bits per heavy atom. The fourth-order valence-electron chi connectivity index (χ4n) is 1.36. The van der Waals surface area contributed by atoms with Crippen LogP contribution in [-0.2, 0) is 0 Å². The maximum atomic E-state index is 9.87. The number of anilines is 1. The predicted molar refractivity (Wildman–Crippen MR) is 57.8 cm³/mol. The second-order valence-electron chi connectivity index (χ2n) is 3.19. The molecular formula is C10H9ClN2O2. The van der Waals surface area contributed by atoms with Gasteiger partial charge in [0.1, 0.15) is 5.75 Å². The summed E-state index contributed by atoms with van der Waals surface area (Å²) in [6, 6.07) is 3.42. The number of aryl methyl sites for hydroxylation is 1. The Bertz CT molecular complexity index is 508. The molecule has 0 aliphatic heterocycles. The number of hydrogen-bond donors (Lipinski definition) is 2. The number of nitrogen functional groups attached to an aromatic ring is 1. The van der Waals surface area contributed by atoms with Gasteiger partial charge in [0.05, 0.1) is 16.8 Å². The lowest BCUT2D eigenvalue weighted by Crippen LogP contribution is -1.88. The highest BCUT2D eigenvalue weighted by atomic mass is 35.5. The normalized spacial score (nSPS) is 10.5. The van der Waals surface area contributed by atoms with Crippen molar-refractivity contribution in [2.75, 3.05) is 5.73 Å². The van der Waals surface area contributed by atoms with Gasteiger partial charge in [-0.15, -0.1) is 0 Å². The Labute approximate surface area is 91.3 Å². The lowest BCUT2D eigenvalue weighted by atomic mass is 10.0. The molecular weight excluding hydrogens is 216 g/mol. The van der Waals surface area contributed by atoms with E-state index < -0.39 is 0 Å². The first-order valence-electron chi connectivity index (χ1n) is 4.30. The second kappa shape index (κ2) is 3.47. The zero-order valence-corrected chi connectivity index (χ0v) is 8.75. The summed E-state index contributed by atoms with van der Waals surface area (Å²) in [7, 11) is 0. The van der Waals surface area contributed by atoms with Gasteiger partial charge in [-0.3, -0.25) is 0 Å². The van der Waals surface area contributed by atoms with Gasteiger partial charge in [-0.25, -0.2) is 0 Å². The Hall–Kier alpha value is -1.68. The van der Waals surface area contributed by atoms with E-state index >= 15 is 0 Å². The van der Waals surface area contributed by atoms with Crippen molar-refractivity contribution in [1.29, 1.82) is 0 Å². The number of halogens is 1. The zero-order chi connectivity index (χ0) is 11.0. The lowest BCUT2D eigenvalue weighted by molar-refractivity contribution is 0.436. The molecule has 0 aliphatic carbocycles. The van der Waals surface area contributed by atoms with E-state index in [-0.39, 0.29) is 11.6 Å². The fourth-order valence-corrected chi connectivity index (χ4v) is 1.62. The minimum Gasteiger partial charge on any atom is -0.507 e. The Morgan fingerprint density at radius 3 is 2.80 bits per heavy atom. The summed E-state index contributed by atoms with van der Waals surface area (Å²) in [5, 5.41) is 13.8. The number of benzene rings is 1. The van der Waals surface area contributed by atoms with Crippen molar-refractivity contribution in [3.63, 3.8) is 0 Å². The van der Waals surface area contributed by atoms with Crippen LogP contribution in [0.2, 0.25) is 5.02 Å². The zero-order valence-electron chi connectivity index (χ0n) is 7.99. The van der Waals surface area contributed by atoms with Crippen molar-refractivity contribution in [1.82, 2.24) is 5.16 Å². The molecule has 78 valence electrons. The lowest BCUT2D eigenvalue weighted by Gasteiger charge is -2.07. The number of phenols is 1. The largest absolute Gasteiger partial charge is 0.507 e. The van der Waals surface area contributed by atoms with Crippen LogP contribution in [0.5, 0.6) is 5.75 Å². The molecule has 0 saturated heterocycles. The van der Waals surface area contributed by atoms with Crippen LogP contribution < -0.4 is 5.73 Å². The average Bonchev–Trinajstić information content (AvgIpc) is 2.60. The number of nitrogens with zero attached hydrogens (tertiary/aromatic N) is 1. The Kier molecular flexibility index (Phi) is 2.28.